The van der Waals surface area contributed by atoms with Crippen molar-refractivity contribution in [3.05, 3.63) is 12.2 Å². The predicted octanol–water partition coefficient (Wildman–Crippen LogP) is 21.2. The van der Waals surface area contributed by atoms with Crippen LogP contribution in [0.4, 0.5) is 0 Å². The number of carbonyl (C=O) groups is 2. The molecule has 0 saturated heterocycles. The second kappa shape index (κ2) is 62.0. The van der Waals surface area contributed by atoms with E-state index in [2.05, 4.69) is 26.0 Å². The molecule has 0 amide bonds. The van der Waals surface area contributed by atoms with Crippen LogP contribution in [0.5, 0.6) is 0 Å². The number of carbonyl (C=O) groups excluding carboxylic acids is 2. The normalized spacial score (nSPS) is 13.0. The first-order valence-electron chi connectivity index (χ1n) is 33.2. The fraction of sp³-hybridized carbons (Fsp3) is 0.938. The van der Waals surface area contributed by atoms with Gasteiger partial charge in [-0.3, -0.25) is 18.6 Å². The number of hydrogen-bond donors (Lipinski definition) is 2. The number of phosphoric acid groups is 1. The van der Waals surface area contributed by atoms with E-state index in [0.717, 1.165) is 32.1 Å². The van der Waals surface area contributed by atoms with E-state index in [9.17, 15) is 19.0 Å². The quantitative estimate of drug-likeness (QED) is 0.0264. The molecule has 0 saturated carbocycles. The van der Waals surface area contributed by atoms with Crippen molar-refractivity contribution in [2.45, 2.75) is 367 Å². The van der Waals surface area contributed by atoms with Gasteiger partial charge in [0, 0.05) is 19.4 Å². The monoisotopic (exact) mass is 1080 g/mol. The van der Waals surface area contributed by atoms with E-state index in [4.69, 9.17) is 24.3 Å². The highest BCUT2D eigenvalue weighted by molar-refractivity contribution is 7.47. The topological polar surface area (TPSA) is 134 Å². The third-order valence-electron chi connectivity index (χ3n) is 15.2. The lowest BCUT2D eigenvalue weighted by molar-refractivity contribution is -0.161. The lowest BCUT2D eigenvalue weighted by Gasteiger charge is -2.19. The summed E-state index contributed by atoms with van der Waals surface area (Å²) in [7, 11) is -4.39. The summed E-state index contributed by atoms with van der Waals surface area (Å²) in [6, 6.07) is 0. The van der Waals surface area contributed by atoms with Gasteiger partial charge in [-0.25, -0.2) is 4.57 Å². The van der Waals surface area contributed by atoms with Crippen molar-refractivity contribution in [2.24, 2.45) is 5.73 Å². The SMILES string of the molecule is CCCCCCCCCC/C=C\CCCCCCCCCCCCCC(=O)OC(COC(=O)CCCCCCCCCCCCCCCCCCCCCCCCCCCCCCCCC)COP(=O)(O)OCCN. The fourth-order valence-electron chi connectivity index (χ4n) is 10.2. The molecule has 0 heterocycles. The molecule has 0 aliphatic carbocycles. The number of ether oxygens (including phenoxy) is 2. The molecule has 446 valence electrons. The first-order valence-corrected chi connectivity index (χ1v) is 34.7. The molecular weight excluding hydrogens is 954 g/mol. The average Bonchev–Trinajstić information content (AvgIpc) is 3.40. The summed E-state index contributed by atoms with van der Waals surface area (Å²) in [4.78, 5) is 35.3. The highest BCUT2D eigenvalue weighted by Crippen LogP contribution is 2.43. The third kappa shape index (κ3) is 61.8. The molecule has 0 aliphatic rings. The lowest BCUT2D eigenvalue weighted by Crippen LogP contribution is -2.29. The van der Waals surface area contributed by atoms with Crippen LogP contribution in [0.3, 0.4) is 0 Å². The van der Waals surface area contributed by atoms with Crippen molar-refractivity contribution < 1.29 is 37.6 Å². The maximum Gasteiger partial charge on any atom is 0.472 e. The Bertz CT molecular complexity index is 1230. The summed E-state index contributed by atoms with van der Waals surface area (Å²) in [6.07, 6.45) is 73.0. The maximum absolute atomic E-state index is 12.7. The van der Waals surface area contributed by atoms with Gasteiger partial charge < -0.3 is 20.1 Å². The fourth-order valence-corrected chi connectivity index (χ4v) is 11.0. The maximum atomic E-state index is 12.7. The van der Waals surface area contributed by atoms with E-state index in [1.54, 1.807) is 0 Å². The van der Waals surface area contributed by atoms with Gasteiger partial charge in [-0.05, 0) is 38.5 Å². The van der Waals surface area contributed by atoms with E-state index < -0.39 is 26.5 Å². The van der Waals surface area contributed by atoms with Crippen LogP contribution < -0.4 is 5.73 Å². The van der Waals surface area contributed by atoms with Crippen LogP contribution in [0.15, 0.2) is 12.2 Å². The minimum atomic E-state index is -4.39. The van der Waals surface area contributed by atoms with Crippen molar-refractivity contribution in [3.63, 3.8) is 0 Å². The molecule has 2 unspecified atom stereocenters. The van der Waals surface area contributed by atoms with Crippen LogP contribution in [-0.4, -0.2) is 49.3 Å². The Kier molecular flexibility index (Phi) is 60.9. The van der Waals surface area contributed by atoms with Gasteiger partial charge in [-0.2, -0.15) is 0 Å². The number of allylic oxidation sites excluding steroid dienone is 2. The molecular formula is C65H128NO8P. The zero-order valence-electron chi connectivity index (χ0n) is 50.1. The molecule has 0 radical (unpaired) electrons. The van der Waals surface area contributed by atoms with Gasteiger partial charge in [0.25, 0.3) is 0 Å². The summed E-state index contributed by atoms with van der Waals surface area (Å²) in [5.41, 5.74) is 5.39. The van der Waals surface area contributed by atoms with Gasteiger partial charge in [0.05, 0.1) is 13.2 Å². The zero-order valence-corrected chi connectivity index (χ0v) is 51.0. The van der Waals surface area contributed by atoms with E-state index in [1.165, 1.54) is 295 Å². The minimum Gasteiger partial charge on any atom is -0.462 e. The summed E-state index contributed by atoms with van der Waals surface area (Å²) < 4.78 is 33.1. The number of nitrogens with two attached hydrogens (primary N) is 1. The molecule has 0 aromatic heterocycles. The zero-order chi connectivity index (χ0) is 54.5. The molecule has 9 nitrogen and oxygen atoms in total. The second-order valence-electron chi connectivity index (χ2n) is 22.7. The van der Waals surface area contributed by atoms with Crippen LogP contribution in [0.25, 0.3) is 0 Å². The Morgan fingerprint density at radius 1 is 0.387 bits per heavy atom. The van der Waals surface area contributed by atoms with Crippen LogP contribution in [0.1, 0.15) is 361 Å². The third-order valence-corrected chi connectivity index (χ3v) is 16.1. The Hall–Kier alpha value is -1.25. The van der Waals surface area contributed by atoms with Crippen LogP contribution in [0, 0.1) is 0 Å². The molecule has 75 heavy (non-hydrogen) atoms. The summed E-state index contributed by atoms with van der Waals surface area (Å²) in [5, 5.41) is 0. The van der Waals surface area contributed by atoms with Gasteiger partial charge in [0.1, 0.15) is 6.61 Å². The molecule has 0 rings (SSSR count). The molecule has 0 fully saturated rings. The van der Waals surface area contributed by atoms with Crippen molar-refractivity contribution in [2.75, 3.05) is 26.4 Å². The smallest absolute Gasteiger partial charge is 0.462 e. The molecule has 2 atom stereocenters. The largest absolute Gasteiger partial charge is 0.472 e. The van der Waals surface area contributed by atoms with Gasteiger partial charge in [0.15, 0.2) is 6.10 Å². The number of unbranched alkanes of at least 4 members (excludes halogenated alkanes) is 49. The first-order chi connectivity index (χ1) is 36.8. The van der Waals surface area contributed by atoms with Crippen LogP contribution >= 0.6 is 7.82 Å². The van der Waals surface area contributed by atoms with Gasteiger partial charge in [0.2, 0.25) is 0 Å². The Labute approximate surface area is 466 Å². The lowest BCUT2D eigenvalue weighted by atomic mass is 10.0. The summed E-state index contributed by atoms with van der Waals surface area (Å²) in [6.45, 7) is 3.82. The van der Waals surface area contributed by atoms with Gasteiger partial charge >= 0.3 is 19.8 Å². The van der Waals surface area contributed by atoms with E-state index >= 15 is 0 Å². The molecule has 0 aliphatic heterocycles. The number of phosphoric ester groups is 1. The molecule has 0 aromatic rings. The van der Waals surface area contributed by atoms with E-state index in [0.29, 0.717) is 6.42 Å². The summed E-state index contributed by atoms with van der Waals surface area (Å²) in [5.74, 6) is -0.805. The van der Waals surface area contributed by atoms with E-state index in [1.807, 2.05) is 0 Å². The molecule has 0 spiro atoms. The molecule has 3 N–H and O–H groups in total. The Balaban J connectivity index is 3.82. The molecule has 0 bridgehead atoms. The highest BCUT2D eigenvalue weighted by atomic mass is 31.2. The van der Waals surface area contributed by atoms with Crippen molar-refractivity contribution in [1.29, 1.82) is 0 Å². The predicted molar refractivity (Wildman–Crippen MR) is 321 cm³/mol. The second-order valence-corrected chi connectivity index (χ2v) is 24.2. The van der Waals surface area contributed by atoms with Crippen LogP contribution in [0.2, 0.25) is 0 Å². The Morgan fingerprint density at radius 2 is 0.653 bits per heavy atom. The Morgan fingerprint density at radius 3 is 0.947 bits per heavy atom. The summed E-state index contributed by atoms with van der Waals surface area (Å²) >= 11 is 0. The van der Waals surface area contributed by atoms with Crippen molar-refractivity contribution in [1.82, 2.24) is 0 Å². The molecule has 10 heteroatoms. The van der Waals surface area contributed by atoms with Gasteiger partial charge in [-0.15, -0.1) is 0 Å². The van der Waals surface area contributed by atoms with Crippen molar-refractivity contribution >= 4 is 19.8 Å². The highest BCUT2D eigenvalue weighted by Gasteiger charge is 2.26. The number of esters is 2. The van der Waals surface area contributed by atoms with Gasteiger partial charge in [-0.1, -0.05) is 321 Å². The van der Waals surface area contributed by atoms with Crippen molar-refractivity contribution in [3.8, 4) is 0 Å². The molecule has 0 aromatic carbocycles. The van der Waals surface area contributed by atoms with Crippen LogP contribution in [-0.2, 0) is 32.7 Å². The van der Waals surface area contributed by atoms with E-state index in [-0.39, 0.29) is 38.6 Å². The number of rotatable bonds is 64. The minimum absolute atomic E-state index is 0.0569. The number of hydrogen-bond acceptors (Lipinski definition) is 8. The first kappa shape index (κ1) is 73.8. The average molecular weight is 1080 g/mol. The standard InChI is InChI=1S/C65H128NO8P/c1-3-5-7-9-11-13-15-17-19-21-23-25-27-28-29-30-31-32-33-34-36-37-39-41-43-45-47-49-51-53-55-57-64(67)71-61-63(62-73-75(69,70)72-60-59-66)74-65(68)58-56-54-52-50-48-46-44-42-40-38-35-26-24-22-20-18-16-14-12-10-8-6-4-2/h22,24,63H,3-21,23,25-62,66H2,1-2H3,(H,69,70)/b24-22-.